The average Bonchev–Trinajstić information content (AvgIpc) is 2.15. The third-order valence-corrected chi connectivity index (χ3v) is 3.72. The lowest BCUT2D eigenvalue weighted by atomic mass is 10.0. The van der Waals surface area contributed by atoms with Gasteiger partial charge in [-0.3, -0.25) is 8.98 Å². The van der Waals surface area contributed by atoms with E-state index in [-0.39, 0.29) is 18.3 Å². The molecule has 0 saturated carbocycles. The van der Waals surface area contributed by atoms with Gasteiger partial charge in [0, 0.05) is 11.1 Å². The van der Waals surface area contributed by atoms with E-state index in [4.69, 9.17) is 4.18 Å². The average molecular weight is 277 g/mol. The highest BCUT2D eigenvalue weighted by atomic mass is 32.2. The summed E-state index contributed by atoms with van der Waals surface area (Å²) in [4.78, 5) is 11.5. The monoisotopic (exact) mass is 277 g/mol. The zero-order chi connectivity index (χ0) is 14.4. The molecule has 0 radical (unpaired) electrons. The fraction of sp³-hybridized carbons (Fsp3) is 0.750. The Hall–Kier alpha value is -0.880. The van der Waals surface area contributed by atoms with Crippen molar-refractivity contribution in [1.29, 1.82) is 0 Å². The first kappa shape index (κ1) is 17.1. The van der Waals surface area contributed by atoms with Crippen LogP contribution in [0, 0.1) is 0 Å². The second kappa shape index (κ2) is 6.89. The quantitative estimate of drug-likeness (QED) is 0.540. The number of nitrogens with one attached hydrogen (secondary N) is 1. The zero-order valence-corrected chi connectivity index (χ0v) is 12.4. The van der Waals surface area contributed by atoms with Gasteiger partial charge in [0.1, 0.15) is 0 Å². The number of rotatable bonds is 8. The molecule has 0 rings (SSSR count). The van der Waals surface area contributed by atoms with E-state index in [1.807, 2.05) is 13.8 Å². The van der Waals surface area contributed by atoms with Gasteiger partial charge < -0.3 is 5.32 Å². The molecule has 0 aliphatic rings. The molecule has 0 aromatic carbocycles. The fourth-order valence-electron chi connectivity index (χ4n) is 1.21. The maximum Gasteiger partial charge on any atom is 0.267 e. The summed E-state index contributed by atoms with van der Waals surface area (Å²) in [6.07, 6.45) is 0.938. The number of hydrogen-bond acceptors (Lipinski definition) is 4. The lowest BCUT2D eigenvalue weighted by molar-refractivity contribution is -0.119. The summed E-state index contributed by atoms with van der Waals surface area (Å²) in [5, 5.41) is 2.76. The normalized spacial score (nSPS) is 12.2. The molecule has 0 aromatic rings. The molecular formula is C12H23NO4S. The first-order valence-electron chi connectivity index (χ1n) is 5.95. The second-order valence-corrected chi connectivity index (χ2v) is 6.71. The van der Waals surface area contributed by atoms with Crippen LogP contribution in [-0.4, -0.2) is 32.2 Å². The Morgan fingerprint density at radius 2 is 1.94 bits per heavy atom. The molecule has 0 bridgehead atoms. The number of carbonyl (C=O) groups is 1. The van der Waals surface area contributed by atoms with Crippen LogP contribution in [0.15, 0.2) is 12.2 Å². The van der Waals surface area contributed by atoms with E-state index in [1.54, 1.807) is 13.8 Å². The minimum absolute atomic E-state index is 0.0194. The van der Waals surface area contributed by atoms with E-state index in [2.05, 4.69) is 11.9 Å². The van der Waals surface area contributed by atoms with Crippen molar-refractivity contribution >= 4 is 16.0 Å². The third kappa shape index (κ3) is 7.45. The number of amides is 1. The summed E-state index contributed by atoms with van der Waals surface area (Å²) < 4.78 is 27.5. The SMILES string of the molecule is C=C(C)C(=O)NC(C)(C)CCOS(=O)(=O)CCC. The summed E-state index contributed by atoms with van der Waals surface area (Å²) in [6, 6.07) is 0. The molecule has 0 heterocycles. The van der Waals surface area contributed by atoms with Crippen LogP contribution in [0.1, 0.15) is 40.5 Å². The molecule has 0 spiro atoms. The first-order chi connectivity index (χ1) is 8.09. The maximum atomic E-state index is 11.5. The van der Waals surface area contributed by atoms with Crippen LogP contribution in [0.25, 0.3) is 0 Å². The molecule has 0 unspecified atom stereocenters. The maximum absolute atomic E-state index is 11.5. The Morgan fingerprint density at radius 1 is 1.39 bits per heavy atom. The van der Waals surface area contributed by atoms with E-state index in [1.165, 1.54) is 0 Å². The Kier molecular flexibility index (Phi) is 6.56. The molecule has 18 heavy (non-hydrogen) atoms. The first-order valence-corrected chi connectivity index (χ1v) is 7.52. The van der Waals surface area contributed by atoms with Gasteiger partial charge in [-0.05, 0) is 33.6 Å². The van der Waals surface area contributed by atoms with Gasteiger partial charge in [0.05, 0.1) is 12.4 Å². The third-order valence-electron chi connectivity index (χ3n) is 2.28. The van der Waals surface area contributed by atoms with Gasteiger partial charge in [-0.1, -0.05) is 13.5 Å². The van der Waals surface area contributed by atoms with Crippen molar-refractivity contribution in [3.63, 3.8) is 0 Å². The van der Waals surface area contributed by atoms with Crippen molar-refractivity contribution in [2.45, 2.75) is 46.1 Å². The Morgan fingerprint density at radius 3 is 2.39 bits per heavy atom. The fourth-order valence-corrected chi connectivity index (χ4v) is 2.16. The molecule has 0 fully saturated rings. The smallest absolute Gasteiger partial charge is 0.267 e. The molecule has 6 heteroatoms. The molecule has 0 atom stereocenters. The highest BCUT2D eigenvalue weighted by Crippen LogP contribution is 2.10. The predicted octanol–water partition coefficient (Wildman–Crippen LogP) is 1.60. The van der Waals surface area contributed by atoms with Gasteiger partial charge in [0.15, 0.2) is 0 Å². The van der Waals surface area contributed by atoms with E-state index in [0.29, 0.717) is 18.4 Å². The van der Waals surface area contributed by atoms with E-state index < -0.39 is 15.7 Å². The molecular weight excluding hydrogens is 254 g/mol. The number of carbonyl (C=O) groups excluding carboxylic acids is 1. The number of hydrogen-bond donors (Lipinski definition) is 1. The van der Waals surface area contributed by atoms with E-state index in [9.17, 15) is 13.2 Å². The minimum Gasteiger partial charge on any atom is -0.347 e. The van der Waals surface area contributed by atoms with Crippen molar-refractivity contribution in [2.75, 3.05) is 12.4 Å². The molecule has 0 saturated heterocycles. The van der Waals surface area contributed by atoms with Crippen molar-refractivity contribution in [3.05, 3.63) is 12.2 Å². The van der Waals surface area contributed by atoms with Gasteiger partial charge in [-0.25, -0.2) is 0 Å². The highest BCUT2D eigenvalue weighted by Gasteiger charge is 2.21. The Bertz CT molecular complexity index is 398. The van der Waals surface area contributed by atoms with Crippen molar-refractivity contribution < 1.29 is 17.4 Å². The van der Waals surface area contributed by atoms with Crippen molar-refractivity contribution in [2.24, 2.45) is 0 Å². The highest BCUT2D eigenvalue weighted by molar-refractivity contribution is 7.86. The van der Waals surface area contributed by atoms with Crippen molar-refractivity contribution in [3.8, 4) is 0 Å². The second-order valence-electron chi connectivity index (χ2n) is 4.95. The topological polar surface area (TPSA) is 72.5 Å². The van der Waals surface area contributed by atoms with E-state index in [0.717, 1.165) is 0 Å². The van der Waals surface area contributed by atoms with Gasteiger partial charge in [-0.2, -0.15) is 8.42 Å². The summed E-state index contributed by atoms with van der Waals surface area (Å²) in [7, 11) is -3.43. The minimum atomic E-state index is -3.43. The predicted molar refractivity (Wildman–Crippen MR) is 71.7 cm³/mol. The van der Waals surface area contributed by atoms with Gasteiger partial charge >= 0.3 is 0 Å². The molecule has 1 N–H and O–H groups in total. The lowest BCUT2D eigenvalue weighted by Gasteiger charge is -2.26. The van der Waals surface area contributed by atoms with Crippen molar-refractivity contribution in [1.82, 2.24) is 5.32 Å². The van der Waals surface area contributed by atoms with Gasteiger partial charge in [0.25, 0.3) is 10.1 Å². The standard InChI is InChI=1S/C12H23NO4S/c1-6-9-18(15,16)17-8-7-12(4,5)13-11(14)10(2)3/h2,6-9H2,1,3-5H3,(H,13,14). The molecule has 0 aliphatic heterocycles. The van der Waals surface area contributed by atoms with Crippen LogP contribution in [0.4, 0.5) is 0 Å². The summed E-state index contributed by atoms with van der Waals surface area (Å²) in [5.74, 6) is -0.220. The Balaban J connectivity index is 4.20. The molecule has 0 aromatic heterocycles. The van der Waals surface area contributed by atoms with Crippen LogP contribution in [0.5, 0.6) is 0 Å². The molecule has 5 nitrogen and oxygen atoms in total. The summed E-state index contributed by atoms with van der Waals surface area (Å²) >= 11 is 0. The molecule has 0 aliphatic carbocycles. The van der Waals surface area contributed by atoms with E-state index >= 15 is 0 Å². The van der Waals surface area contributed by atoms with Crippen LogP contribution >= 0.6 is 0 Å². The molecule has 1 amide bonds. The van der Waals surface area contributed by atoms with Crippen LogP contribution < -0.4 is 5.32 Å². The van der Waals surface area contributed by atoms with Gasteiger partial charge in [-0.15, -0.1) is 0 Å². The van der Waals surface area contributed by atoms with Crippen LogP contribution in [0.3, 0.4) is 0 Å². The summed E-state index contributed by atoms with van der Waals surface area (Å²) in [5.41, 5.74) is -0.111. The Labute approximate surface area is 110 Å². The summed E-state index contributed by atoms with van der Waals surface area (Å²) in [6.45, 7) is 10.6. The largest absolute Gasteiger partial charge is 0.347 e. The molecule has 106 valence electrons. The lowest BCUT2D eigenvalue weighted by Crippen LogP contribution is -2.44. The van der Waals surface area contributed by atoms with Crippen LogP contribution in [0.2, 0.25) is 0 Å². The van der Waals surface area contributed by atoms with Gasteiger partial charge in [0.2, 0.25) is 5.91 Å². The van der Waals surface area contributed by atoms with Crippen LogP contribution in [-0.2, 0) is 19.1 Å². The zero-order valence-electron chi connectivity index (χ0n) is 11.6.